The Morgan fingerprint density at radius 3 is 2.43 bits per heavy atom. The second-order valence-corrected chi connectivity index (χ2v) is 4.44. The number of amides is 1. The number of ether oxygens (including phenoxy) is 1. The summed E-state index contributed by atoms with van der Waals surface area (Å²) in [6.45, 7) is 1.76. The van der Waals surface area contributed by atoms with Crippen molar-refractivity contribution >= 4 is 11.6 Å². The number of benzene rings is 2. The van der Waals surface area contributed by atoms with Gasteiger partial charge in [0.1, 0.15) is 5.82 Å². The summed E-state index contributed by atoms with van der Waals surface area (Å²) in [5, 5.41) is 2.61. The van der Waals surface area contributed by atoms with Gasteiger partial charge >= 0.3 is 0 Å². The minimum atomic E-state index is -0.827. The lowest BCUT2D eigenvalue weighted by atomic mass is 10.2. The molecule has 0 aliphatic rings. The monoisotopic (exact) mass is 291 g/mol. The van der Waals surface area contributed by atoms with E-state index in [9.17, 15) is 13.6 Å². The summed E-state index contributed by atoms with van der Waals surface area (Å²) in [5.74, 6) is -1.29. The van der Waals surface area contributed by atoms with Crippen molar-refractivity contribution in [3.8, 4) is 5.75 Å². The van der Waals surface area contributed by atoms with Crippen molar-refractivity contribution in [1.29, 1.82) is 0 Å². The largest absolute Gasteiger partial charge is 0.478 e. The van der Waals surface area contributed by atoms with E-state index < -0.39 is 17.8 Å². The molecule has 1 amide bonds. The van der Waals surface area contributed by atoms with Crippen molar-refractivity contribution in [1.82, 2.24) is 0 Å². The van der Waals surface area contributed by atoms with E-state index >= 15 is 0 Å². The molecular formula is C16H15F2NO2. The number of nitrogens with one attached hydrogen (secondary N) is 1. The van der Waals surface area contributed by atoms with Crippen molar-refractivity contribution in [2.45, 2.75) is 19.4 Å². The van der Waals surface area contributed by atoms with Gasteiger partial charge in [-0.2, -0.15) is 0 Å². The summed E-state index contributed by atoms with van der Waals surface area (Å²) in [6.07, 6.45) is -0.451. The number of carbonyl (C=O) groups excluding carboxylic acids is 1. The summed E-state index contributed by atoms with van der Waals surface area (Å²) in [4.78, 5) is 12.1. The van der Waals surface area contributed by atoms with E-state index in [4.69, 9.17) is 4.74 Å². The van der Waals surface area contributed by atoms with Crippen LogP contribution in [0.5, 0.6) is 5.75 Å². The molecule has 0 radical (unpaired) electrons. The minimum absolute atomic E-state index is 0.0265. The first-order valence-electron chi connectivity index (χ1n) is 6.57. The van der Waals surface area contributed by atoms with Crippen LogP contribution in [-0.2, 0) is 4.79 Å². The van der Waals surface area contributed by atoms with Gasteiger partial charge in [-0.1, -0.05) is 19.1 Å². The summed E-state index contributed by atoms with van der Waals surface area (Å²) in [6, 6.07) is 11.3. The van der Waals surface area contributed by atoms with Crippen molar-refractivity contribution < 1.29 is 18.3 Å². The standard InChI is InChI=1S/C16H15F2NO2/c1-2-14(21-15-6-4-3-5-13(15)18)16(20)19-12-9-7-11(17)8-10-12/h3-10,14H,2H2,1H3,(H,19,20). The third-order valence-electron chi connectivity index (χ3n) is 2.88. The zero-order valence-corrected chi connectivity index (χ0v) is 11.5. The van der Waals surface area contributed by atoms with E-state index in [1.807, 2.05) is 0 Å². The van der Waals surface area contributed by atoms with Gasteiger partial charge in [-0.05, 0) is 42.8 Å². The maximum atomic E-state index is 13.5. The fraction of sp³-hybridized carbons (Fsp3) is 0.188. The Morgan fingerprint density at radius 1 is 1.14 bits per heavy atom. The third-order valence-corrected chi connectivity index (χ3v) is 2.88. The molecule has 0 saturated carbocycles. The average Bonchev–Trinajstić information content (AvgIpc) is 2.48. The van der Waals surface area contributed by atoms with Crippen LogP contribution < -0.4 is 10.1 Å². The zero-order valence-electron chi connectivity index (χ0n) is 11.5. The third kappa shape index (κ3) is 4.02. The SMILES string of the molecule is CCC(Oc1ccccc1F)C(=O)Nc1ccc(F)cc1. The van der Waals surface area contributed by atoms with E-state index in [0.717, 1.165) is 0 Å². The first-order valence-corrected chi connectivity index (χ1v) is 6.57. The Hall–Kier alpha value is -2.43. The molecular weight excluding hydrogens is 276 g/mol. The molecule has 5 heteroatoms. The number of hydrogen-bond acceptors (Lipinski definition) is 2. The quantitative estimate of drug-likeness (QED) is 0.911. The van der Waals surface area contributed by atoms with Crippen LogP contribution in [0.4, 0.5) is 14.5 Å². The van der Waals surface area contributed by atoms with Crippen LogP contribution in [-0.4, -0.2) is 12.0 Å². The van der Waals surface area contributed by atoms with Crippen LogP contribution in [0.15, 0.2) is 48.5 Å². The van der Waals surface area contributed by atoms with Gasteiger partial charge in [0.05, 0.1) is 0 Å². The molecule has 0 aromatic heterocycles. The highest BCUT2D eigenvalue weighted by molar-refractivity contribution is 5.94. The average molecular weight is 291 g/mol. The minimum Gasteiger partial charge on any atom is -0.478 e. The molecule has 1 atom stereocenters. The van der Waals surface area contributed by atoms with Crippen molar-refractivity contribution in [3.63, 3.8) is 0 Å². The second kappa shape index (κ2) is 6.83. The summed E-state index contributed by atoms with van der Waals surface area (Å²) in [7, 11) is 0. The van der Waals surface area contributed by atoms with E-state index in [2.05, 4.69) is 5.32 Å². The van der Waals surface area contributed by atoms with Crippen molar-refractivity contribution in [3.05, 3.63) is 60.2 Å². The number of hydrogen-bond donors (Lipinski definition) is 1. The van der Waals surface area contributed by atoms with E-state index in [1.165, 1.54) is 36.4 Å². The van der Waals surface area contributed by atoms with Crippen LogP contribution in [0.25, 0.3) is 0 Å². The normalized spacial score (nSPS) is 11.8. The highest BCUT2D eigenvalue weighted by Crippen LogP contribution is 2.19. The Kier molecular flexibility index (Phi) is 4.87. The topological polar surface area (TPSA) is 38.3 Å². The molecule has 3 nitrogen and oxygen atoms in total. The van der Waals surface area contributed by atoms with Gasteiger partial charge < -0.3 is 10.1 Å². The molecule has 2 aromatic rings. The van der Waals surface area contributed by atoms with Gasteiger partial charge in [0, 0.05) is 5.69 Å². The van der Waals surface area contributed by atoms with Gasteiger partial charge in [0.2, 0.25) is 0 Å². The molecule has 21 heavy (non-hydrogen) atoms. The van der Waals surface area contributed by atoms with Crippen LogP contribution in [0.3, 0.4) is 0 Å². The molecule has 2 rings (SSSR count). The molecule has 0 heterocycles. The number of carbonyl (C=O) groups is 1. The predicted molar refractivity (Wildman–Crippen MR) is 76.1 cm³/mol. The molecule has 1 N–H and O–H groups in total. The van der Waals surface area contributed by atoms with Crippen molar-refractivity contribution in [2.75, 3.05) is 5.32 Å². The fourth-order valence-corrected chi connectivity index (χ4v) is 1.77. The lowest BCUT2D eigenvalue weighted by molar-refractivity contribution is -0.122. The Bertz CT molecular complexity index is 614. The Labute approximate surface area is 121 Å². The van der Waals surface area contributed by atoms with Crippen LogP contribution in [0.1, 0.15) is 13.3 Å². The van der Waals surface area contributed by atoms with Gasteiger partial charge in [0.25, 0.3) is 5.91 Å². The lowest BCUT2D eigenvalue weighted by Crippen LogP contribution is -2.32. The van der Waals surface area contributed by atoms with Gasteiger partial charge in [-0.15, -0.1) is 0 Å². The number of rotatable bonds is 5. The van der Waals surface area contributed by atoms with Crippen LogP contribution in [0.2, 0.25) is 0 Å². The van der Waals surface area contributed by atoms with Gasteiger partial charge in [-0.25, -0.2) is 8.78 Å². The Balaban J connectivity index is 2.05. The van der Waals surface area contributed by atoms with Crippen molar-refractivity contribution in [2.24, 2.45) is 0 Å². The highest BCUT2D eigenvalue weighted by Gasteiger charge is 2.19. The van der Waals surface area contributed by atoms with Gasteiger partial charge in [-0.3, -0.25) is 4.79 Å². The fourth-order valence-electron chi connectivity index (χ4n) is 1.77. The second-order valence-electron chi connectivity index (χ2n) is 4.44. The lowest BCUT2D eigenvalue weighted by Gasteiger charge is -2.17. The van der Waals surface area contributed by atoms with Crippen LogP contribution in [0, 0.1) is 11.6 Å². The Morgan fingerprint density at radius 2 is 1.81 bits per heavy atom. The molecule has 1 unspecified atom stereocenters. The first kappa shape index (κ1) is 15.0. The summed E-state index contributed by atoms with van der Waals surface area (Å²) in [5.41, 5.74) is 0.456. The molecule has 0 spiro atoms. The smallest absolute Gasteiger partial charge is 0.265 e. The summed E-state index contributed by atoms with van der Waals surface area (Å²) >= 11 is 0. The van der Waals surface area contributed by atoms with Gasteiger partial charge in [0.15, 0.2) is 17.7 Å². The highest BCUT2D eigenvalue weighted by atomic mass is 19.1. The van der Waals surface area contributed by atoms with E-state index in [-0.39, 0.29) is 11.6 Å². The van der Waals surface area contributed by atoms with E-state index in [0.29, 0.717) is 12.1 Å². The number of anilines is 1. The van der Waals surface area contributed by atoms with E-state index in [1.54, 1.807) is 19.1 Å². The summed E-state index contributed by atoms with van der Waals surface area (Å²) < 4.78 is 31.7. The zero-order chi connectivity index (χ0) is 15.2. The molecule has 0 aliphatic carbocycles. The van der Waals surface area contributed by atoms with Crippen LogP contribution >= 0.6 is 0 Å². The number of halogens is 2. The maximum Gasteiger partial charge on any atom is 0.265 e. The molecule has 0 aliphatic heterocycles. The molecule has 0 saturated heterocycles. The molecule has 0 bridgehead atoms. The molecule has 110 valence electrons. The maximum absolute atomic E-state index is 13.5. The number of para-hydroxylation sites is 1. The molecule has 2 aromatic carbocycles. The first-order chi connectivity index (χ1) is 10.1. The predicted octanol–water partition coefficient (Wildman–Crippen LogP) is 3.76. The molecule has 0 fully saturated rings.